The molecular weight excluding hydrogens is 300 g/mol. The Morgan fingerprint density at radius 1 is 1.29 bits per heavy atom. The number of benzene rings is 1. The maximum atomic E-state index is 13.1. The van der Waals surface area contributed by atoms with Crippen molar-refractivity contribution in [2.45, 2.75) is 58.7 Å². The van der Waals surface area contributed by atoms with Crippen LogP contribution in [0, 0.1) is 5.92 Å². The van der Waals surface area contributed by atoms with Gasteiger partial charge < -0.3 is 9.64 Å². The zero-order valence-electron chi connectivity index (χ0n) is 15.2. The number of fused-ring (bicyclic) bond motifs is 2. The van der Waals surface area contributed by atoms with Crippen molar-refractivity contribution in [1.29, 1.82) is 0 Å². The van der Waals surface area contributed by atoms with Gasteiger partial charge in [-0.25, -0.2) is 0 Å². The van der Waals surface area contributed by atoms with E-state index >= 15 is 0 Å². The Balaban J connectivity index is 1.76. The van der Waals surface area contributed by atoms with Gasteiger partial charge in [0, 0.05) is 31.4 Å². The molecule has 24 heavy (non-hydrogen) atoms. The highest BCUT2D eigenvalue weighted by Gasteiger charge is 2.34. The van der Waals surface area contributed by atoms with Crippen LogP contribution in [0.5, 0.6) is 0 Å². The molecule has 132 valence electrons. The number of para-hydroxylation sites is 1. The first-order valence-corrected chi connectivity index (χ1v) is 9.31. The third-order valence-corrected chi connectivity index (χ3v) is 5.23. The molecule has 2 heterocycles. The molecule has 3 rings (SSSR count). The van der Waals surface area contributed by atoms with Crippen molar-refractivity contribution in [1.82, 2.24) is 4.90 Å². The maximum absolute atomic E-state index is 13.1. The first kappa shape index (κ1) is 17.4. The summed E-state index contributed by atoms with van der Waals surface area (Å²) in [7, 11) is 0. The normalized spacial score (nSPS) is 22.2. The Morgan fingerprint density at radius 3 is 2.88 bits per heavy atom. The molecule has 2 aliphatic heterocycles. The molecule has 0 N–H and O–H groups in total. The smallest absolute Gasteiger partial charge is 0.255 e. The van der Waals surface area contributed by atoms with Crippen molar-refractivity contribution >= 4 is 11.6 Å². The van der Waals surface area contributed by atoms with Crippen LogP contribution in [0.1, 0.15) is 45.6 Å². The third kappa shape index (κ3) is 3.81. The van der Waals surface area contributed by atoms with Gasteiger partial charge in [-0.1, -0.05) is 32.0 Å². The third-order valence-electron chi connectivity index (χ3n) is 5.23. The summed E-state index contributed by atoms with van der Waals surface area (Å²) < 4.78 is 5.83. The van der Waals surface area contributed by atoms with E-state index in [1.165, 1.54) is 18.4 Å². The Kier molecular flexibility index (Phi) is 5.57. The summed E-state index contributed by atoms with van der Waals surface area (Å²) in [5.74, 6) is 0.693. The molecular formula is C20H30N2O2. The molecule has 0 spiro atoms. The molecule has 1 aromatic rings. The lowest BCUT2D eigenvalue weighted by Gasteiger charge is -2.28. The number of hydrogen-bond donors (Lipinski definition) is 0. The monoisotopic (exact) mass is 330 g/mol. The van der Waals surface area contributed by atoms with Gasteiger partial charge >= 0.3 is 0 Å². The summed E-state index contributed by atoms with van der Waals surface area (Å²) in [4.78, 5) is 17.6. The molecule has 2 aliphatic rings. The predicted molar refractivity (Wildman–Crippen MR) is 97.1 cm³/mol. The first-order chi connectivity index (χ1) is 11.6. The molecule has 0 saturated carbocycles. The maximum Gasteiger partial charge on any atom is 0.255 e. The topological polar surface area (TPSA) is 32.8 Å². The van der Waals surface area contributed by atoms with Gasteiger partial charge in [0.05, 0.1) is 0 Å². The summed E-state index contributed by atoms with van der Waals surface area (Å²) in [5, 5.41) is 0. The molecule has 4 heteroatoms. The number of ether oxygens (including phenoxy) is 1. The zero-order chi connectivity index (χ0) is 17.1. The fourth-order valence-electron chi connectivity index (χ4n) is 3.73. The quantitative estimate of drug-likeness (QED) is 0.829. The molecule has 0 aromatic heterocycles. The lowest BCUT2D eigenvalue weighted by atomic mass is 10.1. The van der Waals surface area contributed by atoms with Crippen molar-refractivity contribution < 1.29 is 9.53 Å². The molecule has 0 unspecified atom stereocenters. The average Bonchev–Trinajstić information content (AvgIpc) is 2.93. The zero-order valence-corrected chi connectivity index (χ0v) is 15.2. The van der Waals surface area contributed by atoms with Gasteiger partial charge in [-0.05, 0) is 50.3 Å². The fourth-order valence-corrected chi connectivity index (χ4v) is 3.73. The molecule has 4 nitrogen and oxygen atoms in total. The van der Waals surface area contributed by atoms with Crippen LogP contribution in [0.2, 0.25) is 0 Å². The Morgan fingerprint density at radius 2 is 2.08 bits per heavy atom. The van der Waals surface area contributed by atoms with Crippen molar-refractivity contribution in [3.8, 4) is 0 Å². The SMILES string of the molecule is CC(C)CCO[C@@H](C)C(=O)N1C[C@@H]2CCCN2Cc2ccccc21. The minimum Gasteiger partial charge on any atom is -0.369 e. The van der Waals surface area contributed by atoms with Gasteiger partial charge in [0.2, 0.25) is 0 Å². The van der Waals surface area contributed by atoms with Crippen molar-refractivity contribution in [3.05, 3.63) is 29.8 Å². The number of rotatable bonds is 5. The van der Waals surface area contributed by atoms with Crippen LogP contribution in [-0.2, 0) is 16.1 Å². The van der Waals surface area contributed by atoms with Gasteiger partial charge in [-0.2, -0.15) is 0 Å². The summed E-state index contributed by atoms with van der Waals surface area (Å²) in [6.07, 6.45) is 3.02. The molecule has 1 saturated heterocycles. The standard InChI is InChI=1S/C20H30N2O2/c1-15(2)10-12-24-16(3)20(23)22-14-18-8-6-11-21(18)13-17-7-4-5-9-19(17)22/h4-5,7,9,15-16,18H,6,8,10-14H2,1-3H3/t16-,18-/m0/s1. The van der Waals surface area contributed by atoms with Crippen molar-refractivity contribution in [3.63, 3.8) is 0 Å². The van der Waals surface area contributed by atoms with E-state index in [0.717, 1.165) is 31.7 Å². The van der Waals surface area contributed by atoms with E-state index in [4.69, 9.17) is 4.74 Å². The Hall–Kier alpha value is -1.39. The van der Waals surface area contributed by atoms with Gasteiger partial charge in [0.1, 0.15) is 6.10 Å². The molecule has 0 aliphatic carbocycles. The summed E-state index contributed by atoms with van der Waals surface area (Å²) in [5.41, 5.74) is 2.32. The highest BCUT2D eigenvalue weighted by Crippen LogP contribution is 2.32. The lowest BCUT2D eigenvalue weighted by molar-refractivity contribution is -0.129. The van der Waals surface area contributed by atoms with Crippen molar-refractivity contribution in [2.24, 2.45) is 5.92 Å². The lowest BCUT2D eigenvalue weighted by Crippen LogP contribution is -2.45. The van der Waals surface area contributed by atoms with Gasteiger partial charge in [-0.15, -0.1) is 0 Å². The average molecular weight is 330 g/mol. The van der Waals surface area contributed by atoms with E-state index in [1.807, 2.05) is 17.9 Å². The number of hydrogen-bond acceptors (Lipinski definition) is 3. The Bertz CT molecular complexity index is 573. The van der Waals surface area contributed by atoms with Gasteiger partial charge in [-0.3, -0.25) is 9.69 Å². The molecule has 0 radical (unpaired) electrons. The number of anilines is 1. The van der Waals surface area contributed by atoms with Gasteiger partial charge in [0.25, 0.3) is 5.91 Å². The number of carbonyl (C=O) groups is 1. The van der Waals surface area contributed by atoms with E-state index in [9.17, 15) is 4.79 Å². The van der Waals surface area contributed by atoms with Crippen LogP contribution in [0.15, 0.2) is 24.3 Å². The van der Waals surface area contributed by atoms with E-state index in [1.54, 1.807) is 0 Å². The van der Waals surface area contributed by atoms with E-state index in [2.05, 4.69) is 36.9 Å². The van der Waals surface area contributed by atoms with Crippen LogP contribution in [0.4, 0.5) is 5.69 Å². The highest BCUT2D eigenvalue weighted by molar-refractivity contribution is 5.97. The summed E-state index contributed by atoms with van der Waals surface area (Å²) in [6, 6.07) is 8.81. The van der Waals surface area contributed by atoms with Crippen LogP contribution in [0.3, 0.4) is 0 Å². The number of amides is 1. The fraction of sp³-hybridized carbons (Fsp3) is 0.650. The van der Waals surface area contributed by atoms with E-state index < -0.39 is 0 Å². The van der Waals surface area contributed by atoms with Crippen LogP contribution < -0.4 is 4.90 Å². The summed E-state index contributed by atoms with van der Waals surface area (Å²) >= 11 is 0. The Labute approximate surface area is 145 Å². The molecule has 1 amide bonds. The number of carbonyl (C=O) groups excluding carboxylic acids is 1. The molecule has 1 fully saturated rings. The van der Waals surface area contributed by atoms with Gasteiger partial charge in [0.15, 0.2) is 0 Å². The van der Waals surface area contributed by atoms with Crippen LogP contribution in [-0.4, -0.2) is 42.6 Å². The van der Waals surface area contributed by atoms with Crippen molar-refractivity contribution in [2.75, 3.05) is 24.6 Å². The van der Waals surface area contributed by atoms with Crippen LogP contribution in [0.25, 0.3) is 0 Å². The predicted octanol–water partition coefficient (Wildman–Crippen LogP) is 3.45. The first-order valence-electron chi connectivity index (χ1n) is 9.31. The minimum absolute atomic E-state index is 0.0972. The second-order valence-electron chi connectivity index (χ2n) is 7.54. The second-order valence-corrected chi connectivity index (χ2v) is 7.54. The minimum atomic E-state index is -0.384. The molecule has 1 aromatic carbocycles. The van der Waals surface area contributed by atoms with E-state index in [-0.39, 0.29) is 12.0 Å². The molecule has 2 atom stereocenters. The summed E-state index contributed by atoms with van der Waals surface area (Å²) in [6.45, 7) is 9.77. The highest BCUT2D eigenvalue weighted by atomic mass is 16.5. The second kappa shape index (κ2) is 7.66. The van der Waals surface area contributed by atoms with E-state index in [0.29, 0.717) is 18.6 Å². The molecule has 0 bridgehead atoms. The van der Waals surface area contributed by atoms with Crippen LogP contribution >= 0.6 is 0 Å². The largest absolute Gasteiger partial charge is 0.369 e. The number of nitrogens with zero attached hydrogens (tertiary/aromatic N) is 2.